The van der Waals surface area contributed by atoms with Crippen molar-refractivity contribution in [3.8, 4) is 0 Å². The Morgan fingerprint density at radius 2 is 2.12 bits per heavy atom. The van der Waals surface area contributed by atoms with Gasteiger partial charge in [-0.1, -0.05) is 36.0 Å². The van der Waals surface area contributed by atoms with Gasteiger partial charge in [0, 0.05) is 12.5 Å². The van der Waals surface area contributed by atoms with Crippen LogP contribution in [0.2, 0.25) is 0 Å². The molecule has 2 aliphatic carbocycles. The molecule has 0 unspecified atom stereocenters. The SMILES string of the molecule is CCn1c(S[C@H](C)C(=O)N[C@@H]2CCCc3ccccc32)nnc1C1CC1. The Balaban J connectivity index is 1.43. The maximum atomic E-state index is 12.8. The van der Waals surface area contributed by atoms with Gasteiger partial charge in [0.2, 0.25) is 5.91 Å². The van der Waals surface area contributed by atoms with Gasteiger partial charge in [-0.3, -0.25) is 4.79 Å². The van der Waals surface area contributed by atoms with E-state index in [9.17, 15) is 4.79 Å². The minimum absolute atomic E-state index is 0.0790. The van der Waals surface area contributed by atoms with Gasteiger partial charge in [0.05, 0.1) is 11.3 Å². The van der Waals surface area contributed by atoms with Crippen molar-refractivity contribution in [2.45, 2.75) is 74.9 Å². The predicted octanol–water partition coefficient (Wildman–Crippen LogP) is 3.85. The number of nitrogens with one attached hydrogen (secondary N) is 1. The fourth-order valence-corrected chi connectivity index (χ4v) is 4.66. The number of thioether (sulfide) groups is 1. The molecule has 0 saturated heterocycles. The van der Waals surface area contributed by atoms with Gasteiger partial charge in [-0.2, -0.15) is 0 Å². The smallest absolute Gasteiger partial charge is 0.233 e. The minimum atomic E-state index is -0.189. The summed E-state index contributed by atoms with van der Waals surface area (Å²) in [6, 6.07) is 8.59. The lowest BCUT2D eigenvalue weighted by Gasteiger charge is -2.27. The van der Waals surface area contributed by atoms with Gasteiger partial charge in [0.15, 0.2) is 5.16 Å². The number of fused-ring (bicyclic) bond motifs is 1. The second kappa shape index (κ2) is 7.43. The normalized spacial score (nSPS) is 20.5. The largest absolute Gasteiger partial charge is 0.348 e. The lowest BCUT2D eigenvalue weighted by atomic mass is 9.88. The fraction of sp³-hybridized carbons (Fsp3) is 0.550. The van der Waals surface area contributed by atoms with Crippen LogP contribution in [0.1, 0.15) is 68.4 Å². The zero-order valence-electron chi connectivity index (χ0n) is 15.4. The molecule has 2 aliphatic rings. The number of aromatic nitrogens is 3. The first kappa shape index (κ1) is 17.6. The Labute approximate surface area is 159 Å². The highest BCUT2D eigenvalue weighted by atomic mass is 32.2. The van der Waals surface area contributed by atoms with E-state index in [1.807, 2.05) is 6.92 Å². The van der Waals surface area contributed by atoms with Crippen molar-refractivity contribution in [3.05, 3.63) is 41.2 Å². The molecule has 138 valence electrons. The van der Waals surface area contributed by atoms with Gasteiger partial charge in [-0.05, 0) is 57.1 Å². The maximum absolute atomic E-state index is 12.8. The number of hydrogen-bond acceptors (Lipinski definition) is 4. The second-order valence-electron chi connectivity index (χ2n) is 7.27. The summed E-state index contributed by atoms with van der Waals surface area (Å²) in [5, 5.41) is 12.6. The summed E-state index contributed by atoms with van der Waals surface area (Å²) in [6.45, 7) is 4.93. The molecule has 6 heteroatoms. The van der Waals surface area contributed by atoms with Crippen molar-refractivity contribution in [1.82, 2.24) is 20.1 Å². The number of nitrogens with zero attached hydrogens (tertiary/aromatic N) is 3. The van der Waals surface area contributed by atoms with Crippen molar-refractivity contribution in [2.24, 2.45) is 0 Å². The molecule has 0 bridgehead atoms. The molecule has 1 N–H and O–H groups in total. The van der Waals surface area contributed by atoms with Crippen LogP contribution in [0.15, 0.2) is 29.4 Å². The third-order valence-electron chi connectivity index (χ3n) is 5.34. The van der Waals surface area contributed by atoms with Gasteiger partial charge in [-0.25, -0.2) is 0 Å². The molecule has 26 heavy (non-hydrogen) atoms. The molecule has 2 atom stereocenters. The number of rotatable bonds is 6. The minimum Gasteiger partial charge on any atom is -0.348 e. The summed E-state index contributed by atoms with van der Waals surface area (Å²) >= 11 is 1.52. The predicted molar refractivity (Wildman–Crippen MR) is 103 cm³/mol. The molecule has 2 aromatic rings. The van der Waals surface area contributed by atoms with E-state index < -0.39 is 0 Å². The average Bonchev–Trinajstić information content (AvgIpc) is 3.43. The van der Waals surface area contributed by atoms with Crippen LogP contribution >= 0.6 is 11.8 Å². The molecule has 4 rings (SSSR count). The number of hydrogen-bond donors (Lipinski definition) is 1. The summed E-state index contributed by atoms with van der Waals surface area (Å²) in [6.07, 6.45) is 5.66. The summed E-state index contributed by atoms with van der Waals surface area (Å²) in [5.74, 6) is 1.74. The van der Waals surface area contributed by atoms with E-state index >= 15 is 0 Å². The average molecular weight is 371 g/mol. The molecule has 1 heterocycles. The zero-order valence-corrected chi connectivity index (χ0v) is 16.3. The quantitative estimate of drug-likeness (QED) is 0.785. The monoisotopic (exact) mass is 370 g/mol. The summed E-state index contributed by atoms with van der Waals surface area (Å²) < 4.78 is 2.17. The first-order chi connectivity index (χ1) is 12.7. The molecule has 0 radical (unpaired) electrons. The lowest BCUT2D eigenvalue weighted by molar-refractivity contribution is -0.121. The maximum Gasteiger partial charge on any atom is 0.233 e. The third-order valence-corrected chi connectivity index (χ3v) is 6.42. The van der Waals surface area contributed by atoms with Gasteiger partial charge in [0.25, 0.3) is 0 Å². The molecule has 1 aromatic carbocycles. The first-order valence-corrected chi connectivity index (χ1v) is 10.5. The van der Waals surface area contributed by atoms with E-state index in [1.165, 1.54) is 35.7 Å². The Hall–Kier alpha value is -1.82. The number of carbonyl (C=O) groups excluding carboxylic acids is 1. The van der Waals surface area contributed by atoms with Crippen molar-refractivity contribution in [1.29, 1.82) is 0 Å². The topological polar surface area (TPSA) is 59.8 Å². The lowest BCUT2D eigenvalue weighted by Crippen LogP contribution is -2.36. The van der Waals surface area contributed by atoms with Gasteiger partial charge in [0.1, 0.15) is 5.82 Å². The van der Waals surface area contributed by atoms with Crippen LogP contribution in [0.25, 0.3) is 0 Å². The van der Waals surface area contributed by atoms with E-state index in [2.05, 4.69) is 51.3 Å². The van der Waals surface area contributed by atoms with Gasteiger partial charge in [-0.15, -0.1) is 10.2 Å². The third kappa shape index (κ3) is 3.52. The second-order valence-corrected chi connectivity index (χ2v) is 8.58. The molecule has 1 saturated carbocycles. The Morgan fingerprint density at radius 3 is 2.88 bits per heavy atom. The Morgan fingerprint density at radius 1 is 1.31 bits per heavy atom. The molecule has 0 spiro atoms. The summed E-state index contributed by atoms with van der Waals surface area (Å²) in [7, 11) is 0. The van der Waals surface area contributed by atoms with Crippen LogP contribution in [0.3, 0.4) is 0 Å². The van der Waals surface area contributed by atoms with E-state index in [0.717, 1.165) is 36.8 Å². The molecule has 1 amide bonds. The molecule has 1 fully saturated rings. The van der Waals surface area contributed by atoms with Gasteiger partial charge >= 0.3 is 0 Å². The Bertz CT molecular complexity index is 799. The van der Waals surface area contributed by atoms with E-state index in [4.69, 9.17) is 0 Å². The molecular weight excluding hydrogens is 344 g/mol. The van der Waals surface area contributed by atoms with Crippen molar-refractivity contribution >= 4 is 17.7 Å². The molecular formula is C20H26N4OS. The van der Waals surface area contributed by atoms with Crippen LogP contribution in [-0.2, 0) is 17.8 Å². The highest BCUT2D eigenvalue weighted by Crippen LogP contribution is 2.40. The molecule has 0 aliphatic heterocycles. The van der Waals surface area contributed by atoms with Gasteiger partial charge < -0.3 is 9.88 Å². The molecule has 5 nitrogen and oxygen atoms in total. The summed E-state index contributed by atoms with van der Waals surface area (Å²) in [5.41, 5.74) is 2.64. The summed E-state index contributed by atoms with van der Waals surface area (Å²) in [4.78, 5) is 12.8. The number of amides is 1. The van der Waals surface area contributed by atoms with Crippen LogP contribution in [0.4, 0.5) is 0 Å². The van der Waals surface area contributed by atoms with Crippen LogP contribution in [0.5, 0.6) is 0 Å². The van der Waals surface area contributed by atoms with E-state index in [1.54, 1.807) is 0 Å². The van der Waals surface area contributed by atoms with E-state index in [0.29, 0.717) is 5.92 Å². The van der Waals surface area contributed by atoms with Crippen molar-refractivity contribution in [3.63, 3.8) is 0 Å². The number of carbonyl (C=O) groups is 1. The highest BCUT2D eigenvalue weighted by molar-refractivity contribution is 8.00. The van der Waals surface area contributed by atoms with E-state index in [-0.39, 0.29) is 17.2 Å². The molecule has 1 aromatic heterocycles. The standard InChI is InChI=1S/C20H26N4OS/c1-3-24-18(15-11-12-15)22-23-20(24)26-13(2)19(25)21-17-10-6-8-14-7-4-5-9-16(14)17/h4-5,7,9,13,15,17H,3,6,8,10-12H2,1-2H3,(H,21,25)/t13-,17-/m1/s1. The zero-order chi connectivity index (χ0) is 18.1. The fourth-order valence-electron chi connectivity index (χ4n) is 3.73. The Kier molecular flexibility index (Phi) is 5.02. The van der Waals surface area contributed by atoms with Crippen LogP contribution < -0.4 is 5.32 Å². The van der Waals surface area contributed by atoms with Crippen molar-refractivity contribution < 1.29 is 4.79 Å². The van der Waals surface area contributed by atoms with Crippen LogP contribution in [0, 0.1) is 0 Å². The van der Waals surface area contributed by atoms with Crippen LogP contribution in [-0.4, -0.2) is 25.9 Å². The number of aryl methyl sites for hydroxylation is 1. The highest BCUT2D eigenvalue weighted by Gasteiger charge is 2.31. The van der Waals surface area contributed by atoms with Crippen molar-refractivity contribution in [2.75, 3.05) is 0 Å². The first-order valence-electron chi connectivity index (χ1n) is 9.65. The number of benzene rings is 1.